The second-order valence-corrected chi connectivity index (χ2v) is 5.60. The smallest absolute Gasteiger partial charge is 0.252 e. The molecule has 3 nitrogen and oxygen atoms in total. The molecule has 5 heteroatoms. The van der Waals surface area contributed by atoms with E-state index >= 15 is 0 Å². The number of nitrogens with one attached hydrogen (secondary N) is 1. The summed E-state index contributed by atoms with van der Waals surface area (Å²) in [6.45, 7) is 2.40. The lowest BCUT2D eigenvalue weighted by Crippen LogP contribution is -2.37. The van der Waals surface area contributed by atoms with E-state index in [0.717, 1.165) is 13.0 Å². The number of amides is 1. The van der Waals surface area contributed by atoms with Crippen LogP contribution in [0, 0.1) is 17.8 Å². The van der Waals surface area contributed by atoms with Crippen molar-refractivity contribution in [3.8, 4) is 0 Å². The SMILES string of the molecule is O=C([C@@H]1CCNC1)N1C[C@H]2CCC(F)(F)[C@@H]2C1. The van der Waals surface area contributed by atoms with Crippen LogP contribution >= 0.6 is 0 Å². The Morgan fingerprint density at radius 3 is 2.76 bits per heavy atom. The molecule has 0 aromatic rings. The predicted molar refractivity (Wildman–Crippen MR) is 58.7 cm³/mol. The molecule has 1 aliphatic carbocycles. The minimum absolute atomic E-state index is 0.00927. The molecule has 0 unspecified atom stereocenters. The van der Waals surface area contributed by atoms with Crippen molar-refractivity contribution in [2.24, 2.45) is 17.8 Å². The minimum atomic E-state index is -2.55. The van der Waals surface area contributed by atoms with Gasteiger partial charge in [0.15, 0.2) is 0 Å². The third-order valence-electron chi connectivity index (χ3n) is 4.55. The van der Waals surface area contributed by atoms with Crippen molar-refractivity contribution in [2.45, 2.75) is 25.2 Å². The Balaban J connectivity index is 1.66. The number of rotatable bonds is 1. The number of carbonyl (C=O) groups excluding carboxylic acids is 1. The Labute approximate surface area is 99.5 Å². The molecule has 2 heterocycles. The van der Waals surface area contributed by atoms with Gasteiger partial charge in [-0.1, -0.05) is 0 Å². The van der Waals surface area contributed by atoms with Gasteiger partial charge in [-0.3, -0.25) is 4.79 Å². The first kappa shape index (κ1) is 11.4. The van der Waals surface area contributed by atoms with Gasteiger partial charge in [-0.05, 0) is 25.3 Å². The lowest BCUT2D eigenvalue weighted by atomic mass is 9.99. The molecule has 0 bridgehead atoms. The maximum absolute atomic E-state index is 13.6. The molecule has 96 valence electrons. The van der Waals surface area contributed by atoms with Crippen LogP contribution in [0.25, 0.3) is 0 Å². The van der Waals surface area contributed by atoms with Gasteiger partial charge in [0.1, 0.15) is 0 Å². The van der Waals surface area contributed by atoms with Crippen molar-refractivity contribution < 1.29 is 13.6 Å². The van der Waals surface area contributed by atoms with E-state index in [0.29, 0.717) is 19.5 Å². The molecule has 1 N–H and O–H groups in total. The lowest BCUT2D eigenvalue weighted by Gasteiger charge is -2.22. The van der Waals surface area contributed by atoms with E-state index in [2.05, 4.69) is 5.32 Å². The molecule has 0 aromatic carbocycles. The molecule has 2 aliphatic heterocycles. The molecular weight excluding hydrogens is 226 g/mol. The highest BCUT2D eigenvalue weighted by molar-refractivity contribution is 5.79. The second kappa shape index (κ2) is 3.90. The highest BCUT2D eigenvalue weighted by Crippen LogP contribution is 2.48. The van der Waals surface area contributed by atoms with E-state index < -0.39 is 11.8 Å². The summed E-state index contributed by atoms with van der Waals surface area (Å²) in [4.78, 5) is 13.8. The fourth-order valence-electron chi connectivity index (χ4n) is 3.51. The van der Waals surface area contributed by atoms with E-state index in [-0.39, 0.29) is 30.7 Å². The zero-order valence-electron chi connectivity index (χ0n) is 9.79. The number of hydrogen-bond donors (Lipinski definition) is 1. The maximum Gasteiger partial charge on any atom is 0.252 e. The normalized spacial score (nSPS) is 39.6. The quantitative estimate of drug-likeness (QED) is 0.749. The van der Waals surface area contributed by atoms with E-state index in [1.54, 1.807) is 4.90 Å². The summed E-state index contributed by atoms with van der Waals surface area (Å²) in [5.41, 5.74) is 0. The van der Waals surface area contributed by atoms with Crippen molar-refractivity contribution in [3.63, 3.8) is 0 Å². The van der Waals surface area contributed by atoms with Gasteiger partial charge in [-0.15, -0.1) is 0 Å². The fourth-order valence-corrected chi connectivity index (χ4v) is 3.51. The largest absolute Gasteiger partial charge is 0.342 e. The highest BCUT2D eigenvalue weighted by Gasteiger charge is 2.54. The van der Waals surface area contributed by atoms with Crippen molar-refractivity contribution >= 4 is 5.91 Å². The van der Waals surface area contributed by atoms with Gasteiger partial charge >= 0.3 is 0 Å². The van der Waals surface area contributed by atoms with Crippen LogP contribution in [0.5, 0.6) is 0 Å². The molecule has 3 rings (SSSR count). The van der Waals surface area contributed by atoms with Gasteiger partial charge in [0.05, 0.1) is 5.92 Å². The Morgan fingerprint density at radius 1 is 1.29 bits per heavy atom. The van der Waals surface area contributed by atoms with Crippen LogP contribution in [0.4, 0.5) is 8.78 Å². The minimum Gasteiger partial charge on any atom is -0.342 e. The molecular formula is C12H18F2N2O. The molecule has 2 saturated heterocycles. The number of alkyl halides is 2. The highest BCUT2D eigenvalue weighted by atomic mass is 19.3. The average molecular weight is 244 g/mol. The second-order valence-electron chi connectivity index (χ2n) is 5.60. The molecule has 1 amide bonds. The van der Waals surface area contributed by atoms with Crippen LogP contribution in [0.1, 0.15) is 19.3 Å². The van der Waals surface area contributed by atoms with Crippen LogP contribution in [0.2, 0.25) is 0 Å². The van der Waals surface area contributed by atoms with Crippen LogP contribution in [0.3, 0.4) is 0 Å². The van der Waals surface area contributed by atoms with Gasteiger partial charge in [0.25, 0.3) is 5.92 Å². The molecule has 1 saturated carbocycles. The number of fused-ring (bicyclic) bond motifs is 1. The zero-order valence-corrected chi connectivity index (χ0v) is 9.79. The predicted octanol–water partition coefficient (Wildman–Crippen LogP) is 1.10. The van der Waals surface area contributed by atoms with Gasteiger partial charge in [0.2, 0.25) is 5.91 Å². The topological polar surface area (TPSA) is 32.3 Å². The Morgan fingerprint density at radius 2 is 2.12 bits per heavy atom. The van der Waals surface area contributed by atoms with E-state index in [9.17, 15) is 13.6 Å². The summed E-state index contributed by atoms with van der Waals surface area (Å²) >= 11 is 0. The Bertz CT molecular complexity index is 328. The molecule has 0 spiro atoms. The Kier molecular flexibility index (Phi) is 2.61. The number of carbonyl (C=O) groups is 1. The van der Waals surface area contributed by atoms with Crippen LogP contribution in [-0.2, 0) is 4.79 Å². The zero-order chi connectivity index (χ0) is 12.0. The van der Waals surface area contributed by atoms with Crippen molar-refractivity contribution in [1.82, 2.24) is 10.2 Å². The van der Waals surface area contributed by atoms with Crippen LogP contribution < -0.4 is 5.32 Å². The number of halogens is 2. The van der Waals surface area contributed by atoms with Gasteiger partial charge in [-0.25, -0.2) is 8.78 Å². The number of nitrogens with zero attached hydrogens (tertiary/aromatic N) is 1. The van der Waals surface area contributed by atoms with Crippen LogP contribution in [0.15, 0.2) is 0 Å². The number of hydrogen-bond acceptors (Lipinski definition) is 2. The summed E-state index contributed by atoms with van der Waals surface area (Å²) in [6, 6.07) is 0. The molecule has 0 aromatic heterocycles. The maximum atomic E-state index is 13.6. The van der Waals surface area contributed by atoms with E-state index in [1.807, 2.05) is 0 Å². The summed E-state index contributed by atoms with van der Waals surface area (Å²) in [6.07, 6.45) is 1.43. The van der Waals surface area contributed by atoms with Crippen LogP contribution in [-0.4, -0.2) is 42.9 Å². The first-order valence-corrected chi connectivity index (χ1v) is 6.45. The lowest BCUT2D eigenvalue weighted by molar-refractivity contribution is -0.134. The first-order chi connectivity index (χ1) is 8.08. The van der Waals surface area contributed by atoms with E-state index in [4.69, 9.17) is 0 Å². The summed E-state index contributed by atoms with van der Waals surface area (Å²) < 4.78 is 27.1. The Hall–Kier alpha value is -0.710. The third-order valence-corrected chi connectivity index (χ3v) is 4.55. The third kappa shape index (κ3) is 1.84. The monoisotopic (exact) mass is 244 g/mol. The molecule has 3 aliphatic rings. The van der Waals surface area contributed by atoms with E-state index in [1.165, 1.54) is 0 Å². The summed E-state index contributed by atoms with van der Waals surface area (Å²) in [5.74, 6) is -3.00. The van der Waals surface area contributed by atoms with Crippen molar-refractivity contribution in [3.05, 3.63) is 0 Å². The number of likely N-dealkylation sites (tertiary alicyclic amines) is 1. The molecule has 17 heavy (non-hydrogen) atoms. The van der Waals surface area contributed by atoms with Gasteiger partial charge < -0.3 is 10.2 Å². The summed E-state index contributed by atoms with van der Waals surface area (Å²) in [5, 5.41) is 3.15. The first-order valence-electron chi connectivity index (χ1n) is 6.45. The molecule has 3 atom stereocenters. The van der Waals surface area contributed by atoms with Gasteiger partial charge in [0, 0.05) is 32.0 Å². The molecule has 3 fully saturated rings. The standard InChI is InChI=1S/C12H18F2N2O/c13-12(14)3-1-9-6-16(7-10(9)12)11(17)8-2-4-15-5-8/h8-10,15H,1-7H2/t8-,9-,10-/m1/s1. The average Bonchev–Trinajstić information content (AvgIpc) is 2.97. The van der Waals surface area contributed by atoms with Crippen molar-refractivity contribution in [2.75, 3.05) is 26.2 Å². The van der Waals surface area contributed by atoms with Crippen molar-refractivity contribution in [1.29, 1.82) is 0 Å². The summed E-state index contributed by atoms with van der Waals surface area (Å²) in [7, 11) is 0. The fraction of sp³-hybridized carbons (Fsp3) is 0.917. The van der Waals surface area contributed by atoms with Gasteiger partial charge in [-0.2, -0.15) is 0 Å². The molecule has 0 radical (unpaired) electrons.